The average molecular weight is 1570 g/mol. The predicted molar refractivity (Wildman–Crippen MR) is 400 cm³/mol. The van der Waals surface area contributed by atoms with Crippen LogP contribution in [-0.2, 0) is 114 Å². The van der Waals surface area contributed by atoms with Gasteiger partial charge in [-0.15, -0.1) is 0 Å². The minimum absolute atomic E-state index is 0.0167. The van der Waals surface area contributed by atoms with Crippen LogP contribution in [0.1, 0.15) is 261 Å². The molecule has 112 heavy (non-hydrogen) atoms. The fraction of sp³-hybridized carbons (Fsp3) is 0.864. The lowest BCUT2D eigenvalue weighted by molar-refractivity contribution is -0.181. The minimum atomic E-state index is -0.604. The van der Waals surface area contributed by atoms with Gasteiger partial charge in [-0.3, -0.25) is 57.5 Å². The summed E-state index contributed by atoms with van der Waals surface area (Å²) in [4.78, 5) is 144. The second-order valence-electron chi connectivity index (χ2n) is 41.5. The van der Waals surface area contributed by atoms with Crippen LogP contribution in [0.25, 0.3) is 0 Å². The Kier molecular flexibility index (Phi) is 21.7. The van der Waals surface area contributed by atoms with Crippen molar-refractivity contribution in [2.75, 3.05) is 0 Å². The number of hydrogen-bond donors (Lipinski definition) is 0. The van der Waals surface area contributed by atoms with E-state index in [9.17, 15) is 57.5 Å². The maximum absolute atomic E-state index is 12.3. The molecule has 12 saturated carbocycles. The quantitative estimate of drug-likeness (QED) is 0.0909. The fourth-order valence-electron chi connectivity index (χ4n) is 23.1. The molecule has 6 saturated heterocycles. The fourth-order valence-corrected chi connectivity index (χ4v) is 23.1. The van der Waals surface area contributed by atoms with Gasteiger partial charge in [0.2, 0.25) is 0 Å². The molecular weight excluding hydrogens is 1440 g/mol. The molecule has 18 fully saturated rings. The Balaban J connectivity index is 0.000000118. The Morgan fingerprint density at radius 2 is 0.839 bits per heavy atom. The van der Waals surface area contributed by atoms with Crippen LogP contribution in [0.2, 0.25) is 0 Å². The van der Waals surface area contributed by atoms with E-state index in [1.165, 1.54) is 0 Å². The van der Waals surface area contributed by atoms with Gasteiger partial charge in [-0.25, -0.2) is 0 Å². The van der Waals surface area contributed by atoms with Gasteiger partial charge >= 0.3 is 71.6 Å². The third-order valence-corrected chi connectivity index (χ3v) is 32.7. The molecule has 0 spiro atoms. The first kappa shape index (κ1) is 83.6. The van der Waals surface area contributed by atoms with Crippen molar-refractivity contribution in [3.05, 3.63) is 0 Å². The molecule has 18 rings (SSSR count). The standard InChI is InChI=1S/C16H24O4.3C15H22O4.C14H20O4.C13H18O4/c1-6-15(2,3)14(18)20-11-9-7-8-10(16(9,4)5)12(11)19-13(8)17;1-5-14(2,3)13(17)19-11-10-8-6-15(11,4)7-9(8)12(16)18-10;1-5-14(2,3)12(16)19-11-8-6-9-10(7-8)18-13(17)15(9,11)4;1-5-14(2,3)13(17)18-11-8-6-9-10(7-8)15(11,4)19-12(9)16;1-4-14(2,3)13(16)18-11-7-5-8-9(6-7)17-12(15)10(8)11;1-3-6(2)12(14)17-11-7-4-8-9(5-7)16-13(15)10(8)11/h8-12H,6-7H2,1-5H3;3*8-11H,5-7H2,1-4H3;7-11H,4-6H2,1-3H3;6-11H,3-5H2,1-2H3. The smallest absolute Gasteiger partial charge is 0.316 e. The number of carbonyl (C=O) groups is 12. The lowest BCUT2D eigenvalue weighted by atomic mass is 9.73. The molecule has 0 amide bonds. The SMILES string of the molecule is CCC(C)(C)C(=O)OC1C2CC3C(=O)OC1(C)C3C2.CCC(C)(C)C(=O)OC1C2CC3OC(=O)C1(C)C3C2.CCC(C)(C)C(=O)OC1C2CC3OC(=O)C1C3C2.CCC(C)(C)C(=O)OC1C2OC(=O)C3CC1(C)CC32.CCC(C)(C)C(=O)OC1C2OC(=O)C3CC1C(C)(C)C32.CCC(C)C(=O)OC1C2CC3OC(=O)C1C3C2. The molecule has 624 valence electrons. The molecule has 0 radical (unpaired) electrons. The molecule has 0 aromatic carbocycles. The van der Waals surface area contributed by atoms with Gasteiger partial charge in [-0.1, -0.05) is 69.2 Å². The van der Waals surface area contributed by atoms with Gasteiger partial charge in [0.15, 0.2) is 0 Å². The maximum atomic E-state index is 12.3. The van der Waals surface area contributed by atoms with Gasteiger partial charge in [-0.2, -0.15) is 0 Å². The van der Waals surface area contributed by atoms with Crippen molar-refractivity contribution in [3.8, 4) is 0 Å². The van der Waals surface area contributed by atoms with Crippen molar-refractivity contribution in [1.82, 2.24) is 0 Å². The van der Waals surface area contributed by atoms with E-state index < -0.39 is 38.1 Å². The zero-order valence-corrected chi connectivity index (χ0v) is 70.5. The van der Waals surface area contributed by atoms with Crippen LogP contribution in [0.4, 0.5) is 0 Å². The van der Waals surface area contributed by atoms with E-state index in [4.69, 9.17) is 56.8 Å². The van der Waals surface area contributed by atoms with Crippen LogP contribution in [0.15, 0.2) is 0 Å². The monoisotopic (exact) mass is 1570 g/mol. The minimum Gasteiger partial charge on any atom is -0.462 e. The summed E-state index contributed by atoms with van der Waals surface area (Å²) in [5, 5.41) is 0. The Morgan fingerprint density at radius 1 is 0.402 bits per heavy atom. The Morgan fingerprint density at radius 3 is 1.35 bits per heavy atom. The van der Waals surface area contributed by atoms with Gasteiger partial charge in [0, 0.05) is 70.5 Å². The highest BCUT2D eigenvalue weighted by molar-refractivity contribution is 5.85. The zero-order chi connectivity index (χ0) is 82.1. The van der Waals surface area contributed by atoms with Gasteiger partial charge in [0.1, 0.15) is 90.0 Å². The number of hydrogen-bond acceptors (Lipinski definition) is 24. The summed E-state index contributed by atoms with van der Waals surface area (Å²) >= 11 is 0. The molecule has 12 aliphatic carbocycles. The van der Waals surface area contributed by atoms with Crippen LogP contribution in [-0.4, -0.2) is 144 Å². The van der Waals surface area contributed by atoms with E-state index in [1.54, 1.807) is 0 Å². The lowest BCUT2D eigenvalue weighted by Gasteiger charge is -2.36. The predicted octanol–water partition coefficient (Wildman–Crippen LogP) is 12.9. The first-order valence-corrected chi connectivity index (χ1v) is 42.7. The van der Waals surface area contributed by atoms with Gasteiger partial charge < -0.3 is 56.8 Å². The zero-order valence-electron chi connectivity index (χ0n) is 70.5. The largest absolute Gasteiger partial charge is 0.462 e. The van der Waals surface area contributed by atoms with E-state index in [0.29, 0.717) is 35.5 Å². The van der Waals surface area contributed by atoms with Crippen LogP contribution in [0.5, 0.6) is 0 Å². The summed E-state index contributed by atoms with van der Waals surface area (Å²) in [6, 6.07) is 0. The summed E-state index contributed by atoms with van der Waals surface area (Å²) in [7, 11) is 0. The van der Waals surface area contributed by atoms with Gasteiger partial charge in [-0.05, 0) is 198 Å². The van der Waals surface area contributed by atoms with E-state index in [2.05, 4.69) is 20.8 Å². The molecule has 31 atom stereocenters. The number of ether oxygens (including phenoxy) is 12. The van der Waals surface area contributed by atoms with E-state index in [-0.39, 0.29) is 215 Å². The third kappa shape index (κ3) is 13.6. The van der Waals surface area contributed by atoms with Crippen molar-refractivity contribution in [2.45, 2.75) is 334 Å². The highest BCUT2D eigenvalue weighted by Crippen LogP contribution is 2.68. The topological polar surface area (TPSA) is 316 Å². The summed E-state index contributed by atoms with van der Waals surface area (Å²) in [6.07, 6.45) is 12.7. The third-order valence-electron chi connectivity index (χ3n) is 32.7. The molecule has 24 nitrogen and oxygen atoms in total. The number of rotatable bonds is 18. The second kappa shape index (κ2) is 29.1. The molecular formula is C88H128O24. The van der Waals surface area contributed by atoms with Crippen molar-refractivity contribution < 1.29 is 114 Å². The Hall–Kier alpha value is -6.36. The van der Waals surface area contributed by atoms with Gasteiger partial charge in [0.05, 0.1) is 50.7 Å². The van der Waals surface area contributed by atoms with Crippen molar-refractivity contribution in [3.63, 3.8) is 0 Å². The molecule has 18 aliphatic rings. The molecule has 6 heterocycles. The van der Waals surface area contributed by atoms with E-state index >= 15 is 0 Å². The van der Waals surface area contributed by atoms with Crippen molar-refractivity contribution >= 4 is 71.6 Å². The highest BCUT2D eigenvalue weighted by atomic mass is 16.6. The molecule has 0 N–H and O–H groups in total. The summed E-state index contributed by atoms with van der Waals surface area (Å²) in [6.45, 7) is 43.0. The Bertz CT molecular complexity index is 3750. The number of esters is 12. The molecule has 0 aromatic heterocycles. The van der Waals surface area contributed by atoms with Crippen LogP contribution in [0.3, 0.4) is 0 Å². The maximum Gasteiger partial charge on any atom is 0.316 e. The van der Waals surface area contributed by atoms with Crippen molar-refractivity contribution in [2.24, 2.45) is 144 Å². The van der Waals surface area contributed by atoms with Crippen molar-refractivity contribution in [1.29, 1.82) is 0 Å². The first-order valence-electron chi connectivity index (χ1n) is 42.7. The molecule has 6 aliphatic heterocycles. The normalized spacial score (nSPS) is 42.6. The molecule has 12 bridgehead atoms. The summed E-state index contributed by atoms with van der Waals surface area (Å²) in [5.74, 6) is 0.920. The van der Waals surface area contributed by atoms with Crippen LogP contribution in [0, 0.1) is 144 Å². The highest BCUT2D eigenvalue weighted by Gasteiger charge is 2.75. The van der Waals surface area contributed by atoms with E-state index in [0.717, 1.165) is 109 Å². The molecule has 31 unspecified atom stereocenters. The average Bonchev–Trinajstić information content (AvgIpc) is 1.56. The molecule has 24 heteroatoms. The summed E-state index contributed by atoms with van der Waals surface area (Å²) in [5.41, 5.74) is -3.62. The second-order valence-corrected chi connectivity index (χ2v) is 41.5. The lowest BCUT2D eigenvalue weighted by Crippen LogP contribution is -2.47. The number of carbonyl (C=O) groups excluding carboxylic acids is 12. The van der Waals surface area contributed by atoms with Crippen LogP contribution < -0.4 is 0 Å². The first-order chi connectivity index (χ1) is 52.1. The number of fused-ring (bicyclic) bond motifs is 6. The molecule has 0 aromatic rings. The Labute approximate surface area is 661 Å². The van der Waals surface area contributed by atoms with E-state index in [1.807, 2.05) is 132 Å². The summed E-state index contributed by atoms with van der Waals surface area (Å²) < 4.78 is 66.9. The van der Waals surface area contributed by atoms with Gasteiger partial charge in [0.25, 0.3) is 0 Å². The van der Waals surface area contributed by atoms with Crippen LogP contribution >= 0.6 is 0 Å².